The number of imidazole rings is 1. The predicted octanol–water partition coefficient (Wildman–Crippen LogP) is 3.27. The molecular formula is C17H17ClN4O2. The first kappa shape index (κ1) is 16.3. The van der Waals surface area contributed by atoms with Gasteiger partial charge in [-0.15, -0.1) is 0 Å². The molecule has 0 saturated carbocycles. The van der Waals surface area contributed by atoms with Crippen LogP contribution in [0.15, 0.2) is 42.6 Å². The van der Waals surface area contributed by atoms with E-state index >= 15 is 0 Å². The van der Waals surface area contributed by atoms with Gasteiger partial charge in [-0.3, -0.25) is 4.79 Å². The largest absolute Gasteiger partial charge is 0.497 e. The van der Waals surface area contributed by atoms with Crippen LogP contribution in [0.3, 0.4) is 0 Å². The zero-order valence-electron chi connectivity index (χ0n) is 13.4. The Morgan fingerprint density at radius 1 is 1.29 bits per heavy atom. The standard InChI is InChI=1S/C17H17ClN4O2/c1-3-13(11-4-6-12(24-2)7-5-11)20-17(23)14-10-22-16(19-14)9-8-15(18)21-22/h4-10,13H,3H2,1-2H3,(H,20,23)/t13-/m0/s1. The summed E-state index contributed by atoms with van der Waals surface area (Å²) < 4.78 is 6.65. The van der Waals surface area contributed by atoms with E-state index in [-0.39, 0.29) is 11.9 Å². The van der Waals surface area contributed by atoms with Gasteiger partial charge in [-0.05, 0) is 36.2 Å². The van der Waals surface area contributed by atoms with E-state index in [1.165, 1.54) is 4.52 Å². The van der Waals surface area contributed by atoms with Gasteiger partial charge in [0, 0.05) is 0 Å². The van der Waals surface area contributed by atoms with Crippen molar-refractivity contribution in [3.05, 3.63) is 59.0 Å². The van der Waals surface area contributed by atoms with Gasteiger partial charge in [0.2, 0.25) is 0 Å². The summed E-state index contributed by atoms with van der Waals surface area (Å²) in [5, 5.41) is 7.42. The first-order valence-corrected chi connectivity index (χ1v) is 7.95. The number of fused-ring (bicyclic) bond motifs is 1. The Balaban J connectivity index is 1.79. The maximum Gasteiger partial charge on any atom is 0.272 e. The Morgan fingerprint density at radius 2 is 2.04 bits per heavy atom. The molecule has 0 unspecified atom stereocenters. The van der Waals surface area contributed by atoms with Crippen molar-refractivity contribution in [3.8, 4) is 5.75 Å². The monoisotopic (exact) mass is 344 g/mol. The maximum absolute atomic E-state index is 12.5. The lowest BCUT2D eigenvalue weighted by Gasteiger charge is -2.17. The Labute approximate surface area is 144 Å². The summed E-state index contributed by atoms with van der Waals surface area (Å²) in [6.45, 7) is 2.01. The van der Waals surface area contributed by atoms with Crippen LogP contribution in [0.25, 0.3) is 5.65 Å². The summed E-state index contributed by atoms with van der Waals surface area (Å²) in [6, 6.07) is 10.9. The molecule has 0 spiro atoms. The molecule has 7 heteroatoms. The lowest BCUT2D eigenvalue weighted by Crippen LogP contribution is -2.28. The minimum Gasteiger partial charge on any atom is -0.497 e. The molecule has 0 radical (unpaired) electrons. The molecule has 2 heterocycles. The summed E-state index contributed by atoms with van der Waals surface area (Å²) in [4.78, 5) is 16.8. The summed E-state index contributed by atoms with van der Waals surface area (Å²) >= 11 is 5.85. The van der Waals surface area contributed by atoms with Gasteiger partial charge in [0.15, 0.2) is 5.65 Å². The zero-order chi connectivity index (χ0) is 17.1. The molecule has 0 aliphatic carbocycles. The highest BCUT2D eigenvalue weighted by molar-refractivity contribution is 6.29. The van der Waals surface area contributed by atoms with Crippen LogP contribution >= 0.6 is 11.6 Å². The van der Waals surface area contributed by atoms with E-state index < -0.39 is 0 Å². The number of hydrogen-bond donors (Lipinski definition) is 1. The number of ether oxygens (including phenoxy) is 1. The number of amides is 1. The number of hydrogen-bond acceptors (Lipinski definition) is 4. The topological polar surface area (TPSA) is 68.5 Å². The van der Waals surface area contributed by atoms with E-state index in [4.69, 9.17) is 16.3 Å². The third-order valence-corrected chi connectivity index (χ3v) is 3.95. The van der Waals surface area contributed by atoms with Crippen LogP contribution in [0.4, 0.5) is 0 Å². The highest BCUT2D eigenvalue weighted by atomic mass is 35.5. The molecule has 2 aromatic heterocycles. The van der Waals surface area contributed by atoms with Crippen LogP contribution in [0, 0.1) is 0 Å². The molecule has 1 N–H and O–H groups in total. The Kier molecular flexibility index (Phi) is 4.66. The van der Waals surface area contributed by atoms with E-state index in [0.29, 0.717) is 16.5 Å². The lowest BCUT2D eigenvalue weighted by molar-refractivity contribution is 0.0931. The van der Waals surface area contributed by atoms with Gasteiger partial charge in [0.05, 0.1) is 19.3 Å². The molecule has 1 aromatic carbocycles. The second-order valence-electron chi connectivity index (χ2n) is 5.29. The third kappa shape index (κ3) is 3.33. The molecule has 0 saturated heterocycles. The lowest BCUT2D eigenvalue weighted by atomic mass is 10.0. The van der Waals surface area contributed by atoms with Crippen molar-refractivity contribution in [1.82, 2.24) is 19.9 Å². The molecule has 0 fully saturated rings. The summed E-state index contributed by atoms with van der Waals surface area (Å²) in [5.74, 6) is 0.530. The van der Waals surface area contributed by atoms with E-state index in [1.807, 2.05) is 31.2 Å². The quantitative estimate of drug-likeness (QED) is 0.771. The number of benzene rings is 1. The van der Waals surface area contributed by atoms with Crippen molar-refractivity contribution in [2.24, 2.45) is 0 Å². The van der Waals surface area contributed by atoms with Crippen LogP contribution in [0.5, 0.6) is 5.75 Å². The van der Waals surface area contributed by atoms with Gasteiger partial charge in [0.1, 0.15) is 16.6 Å². The first-order valence-electron chi connectivity index (χ1n) is 7.57. The number of aromatic nitrogens is 3. The number of nitrogens with zero attached hydrogens (tertiary/aromatic N) is 3. The van der Waals surface area contributed by atoms with E-state index in [9.17, 15) is 4.79 Å². The molecule has 3 aromatic rings. The molecule has 0 aliphatic heterocycles. The SMILES string of the molecule is CC[C@H](NC(=O)c1cn2nc(Cl)ccc2n1)c1ccc(OC)cc1. The number of rotatable bonds is 5. The molecule has 0 aliphatic rings. The Hall–Kier alpha value is -2.60. The van der Waals surface area contributed by atoms with E-state index in [2.05, 4.69) is 15.4 Å². The minimum atomic E-state index is -0.251. The van der Waals surface area contributed by atoms with Crippen molar-refractivity contribution < 1.29 is 9.53 Å². The summed E-state index contributed by atoms with van der Waals surface area (Å²) in [6.07, 6.45) is 2.33. The van der Waals surface area contributed by atoms with Gasteiger partial charge in [-0.25, -0.2) is 9.50 Å². The number of halogens is 1. The normalized spacial score (nSPS) is 12.1. The van der Waals surface area contributed by atoms with Crippen molar-refractivity contribution in [2.45, 2.75) is 19.4 Å². The van der Waals surface area contributed by atoms with Crippen LogP contribution in [-0.2, 0) is 0 Å². The molecule has 124 valence electrons. The fourth-order valence-electron chi connectivity index (χ4n) is 2.46. The zero-order valence-corrected chi connectivity index (χ0v) is 14.1. The van der Waals surface area contributed by atoms with Crippen LogP contribution < -0.4 is 10.1 Å². The van der Waals surface area contributed by atoms with Crippen molar-refractivity contribution in [1.29, 1.82) is 0 Å². The van der Waals surface area contributed by atoms with Gasteiger partial charge in [-0.2, -0.15) is 5.10 Å². The smallest absolute Gasteiger partial charge is 0.272 e. The molecule has 1 amide bonds. The molecule has 1 atom stereocenters. The number of methoxy groups -OCH3 is 1. The molecule has 6 nitrogen and oxygen atoms in total. The predicted molar refractivity (Wildman–Crippen MR) is 91.5 cm³/mol. The number of carbonyl (C=O) groups is 1. The molecular weight excluding hydrogens is 328 g/mol. The highest BCUT2D eigenvalue weighted by Crippen LogP contribution is 2.20. The number of nitrogens with one attached hydrogen (secondary N) is 1. The maximum atomic E-state index is 12.5. The fourth-order valence-corrected chi connectivity index (χ4v) is 2.60. The Morgan fingerprint density at radius 3 is 2.71 bits per heavy atom. The van der Waals surface area contributed by atoms with Crippen molar-refractivity contribution >= 4 is 23.2 Å². The van der Waals surface area contributed by atoms with E-state index in [0.717, 1.165) is 17.7 Å². The van der Waals surface area contributed by atoms with Gasteiger partial charge < -0.3 is 10.1 Å². The number of carbonyl (C=O) groups excluding carboxylic acids is 1. The van der Waals surface area contributed by atoms with Gasteiger partial charge in [0.25, 0.3) is 5.91 Å². The van der Waals surface area contributed by atoms with Gasteiger partial charge >= 0.3 is 0 Å². The Bertz CT molecular complexity index is 861. The van der Waals surface area contributed by atoms with E-state index in [1.54, 1.807) is 25.4 Å². The first-order chi connectivity index (χ1) is 11.6. The van der Waals surface area contributed by atoms with Crippen LogP contribution in [-0.4, -0.2) is 27.6 Å². The second-order valence-corrected chi connectivity index (χ2v) is 5.68. The molecule has 3 rings (SSSR count). The minimum absolute atomic E-state index is 0.107. The summed E-state index contributed by atoms with van der Waals surface area (Å²) in [5.41, 5.74) is 1.88. The fraction of sp³-hybridized carbons (Fsp3) is 0.235. The van der Waals surface area contributed by atoms with Gasteiger partial charge in [-0.1, -0.05) is 30.7 Å². The summed E-state index contributed by atoms with van der Waals surface area (Å²) in [7, 11) is 1.62. The highest BCUT2D eigenvalue weighted by Gasteiger charge is 2.17. The van der Waals surface area contributed by atoms with Crippen LogP contribution in [0.1, 0.15) is 35.4 Å². The average Bonchev–Trinajstić information content (AvgIpc) is 3.03. The molecule has 24 heavy (non-hydrogen) atoms. The second kappa shape index (κ2) is 6.88. The average molecular weight is 345 g/mol. The van der Waals surface area contributed by atoms with Crippen molar-refractivity contribution in [3.63, 3.8) is 0 Å². The van der Waals surface area contributed by atoms with Crippen molar-refractivity contribution in [2.75, 3.05) is 7.11 Å². The third-order valence-electron chi connectivity index (χ3n) is 3.75. The molecule has 0 bridgehead atoms. The van der Waals surface area contributed by atoms with Crippen LogP contribution in [0.2, 0.25) is 5.15 Å².